The average Bonchev–Trinajstić information content (AvgIpc) is 1.95. The maximum Gasteiger partial charge on any atom is 1.00 e. The fraction of sp³-hybridized carbons (Fsp3) is 0.500. The second-order valence-electron chi connectivity index (χ2n) is 2.93. The zero-order valence-electron chi connectivity index (χ0n) is 10.9. The first kappa shape index (κ1) is 28.4. The van der Waals surface area contributed by atoms with Gasteiger partial charge in [0.1, 0.15) is 0 Å². The molecule has 20 heavy (non-hydrogen) atoms. The molecule has 0 rings (SSSR count). The molecule has 0 saturated carbocycles. The first-order chi connectivity index (χ1) is 7.78. The quantitative estimate of drug-likeness (QED) is 0.250. The second-order valence-corrected chi connectivity index (χ2v) is 5.12. The fourth-order valence-electron chi connectivity index (χ4n) is 0.714. The molecule has 116 valence electrons. The van der Waals surface area contributed by atoms with Crippen molar-refractivity contribution in [2.75, 3.05) is 0 Å². The average molecular weight is 386 g/mol. The molecule has 0 fully saturated rings. The van der Waals surface area contributed by atoms with Crippen molar-refractivity contribution >= 4 is 38.1 Å². The molecule has 0 aromatic heterocycles. The molecule has 0 unspecified atom stereocenters. The summed E-state index contributed by atoms with van der Waals surface area (Å²) in [6, 6.07) is 0. The van der Waals surface area contributed by atoms with Crippen LogP contribution < -0.4 is 29.6 Å². The van der Waals surface area contributed by atoms with Crippen LogP contribution in [0.4, 0.5) is 0 Å². The Labute approximate surface area is 152 Å². The van der Waals surface area contributed by atoms with E-state index in [9.17, 15) is 14.4 Å². The standard InChI is InChI=1S/C6H8O7.Fe.Na.H2O3S2.H/c7-3(8)1-6(13,5(11)12)2-4(9)10;;;1-5(2,3)4;/h13H,1-2H2,(H,7,8)(H,9,10)(H,11,12);;;(H2,1,2,3,4);/q;;+1;;-1. The summed E-state index contributed by atoms with van der Waals surface area (Å²) >= 11 is 3.47. The summed E-state index contributed by atoms with van der Waals surface area (Å²) in [7, 11) is -3.83. The van der Waals surface area contributed by atoms with Crippen LogP contribution in [0.5, 0.6) is 0 Å². The van der Waals surface area contributed by atoms with Crippen LogP contribution in [0.15, 0.2) is 0 Å². The Morgan fingerprint density at radius 2 is 1.25 bits per heavy atom. The smallest absolute Gasteiger partial charge is 1.00 e. The van der Waals surface area contributed by atoms with Crippen LogP contribution in [0.3, 0.4) is 0 Å². The van der Waals surface area contributed by atoms with E-state index in [1.807, 2.05) is 0 Å². The molecule has 14 heteroatoms. The number of carboxylic acids is 3. The van der Waals surface area contributed by atoms with Gasteiger partial charge in [-0.3, -0.25) is 18.7 Å². The second kappa shape index (κ2) is 11.8. The number of rotatable bonds is 5. The van der Waals surface area contributed by atoms with Crippen molar-refractivity contribution in [2.24, 2.45) is 0 Å². The molecule has 0 heterocycles. The molecule has 0 aromatic carbocycles. The van der Waals surface area contributed by atoms with Crippen LogP contribution in [-0.4, -0.2) is 57.2 Å². The summed E-state index contributed by atoms with van der Waals surface area (Å²) in [6.07, 6.45) is -2.29. The van der Waals surface area contributed by atoms with Crippen LogP contribution in [0.2, 0.25) is 0 Å². The Balaban J connectivity index is -0.0000000933. The minimum atomic E-state index is -3.83. The zero-order chi connectivity index (χ0) is 15.1. The van der Waals surface area contributed by atoms with Crippen LogP contribution in [0, 0.1) is 0 Å². The molecule has 0 aliphatic heterocycles. The van der Waals surface area contributed by atoms with Gasteiger partial charge in [0.2, 0.25) is 0 Å². The summed E-state index contributed by atoms with van der Waals surface area (Å²) in [6.45, 7) is 0. The number of aliphatic hydroxyl groups is 1. The van der Waals surface area contributed by atoms with E-state index in [2.05, 4.69) is 11.2 Å². The Bertz CT molecular complexity index is 417. The molecule has 0 aliphatic rings. The Kier molecular flexibility index (Phi) is 16.7. The van der Waals surface area contributed by atoms with E-state index in [0.29, 0.717) is 0 Å². The summed E-state index contributed by atoms with van der Waals surface area (Å²) in [5.41, 5.74) is -2.74. The molecule has 6 N–H and O–H groups in total. The largest absolute Gasteiger partial charge is 1.00 e. The van der Waals surface area contributed by atoms with E-state index < -0.39 is 45.4 Å². The van der Waals surface area contributed by atoms with Gasteiger partial charge >= 0.3 is 47.5 Å². The normalized spacial score (nSPS) is 9.95. The summed E-state index contributed by atoms with van der Waals surface area (Å²) in [5.74, 6) is -5.02. The molecule has 0 spiro atoms. The molecular weight excluding hydrogens is 375 g/mol. The van der Waals surface area contributed by atoms with Gasteiger partial charge in [0.25, 0.3) is 9.05 Å². The third-order valence-corrected chi connectivity index (χ3v) is 1.29. The maximum absolute atomic E-state index is 10.3. The van der Waals surface area contributed by atoms with Crippen molar-refractivity contribution < 1.29 is 96.2 Å². The van der Waals surface area contributed by atoms with Gasteiger partial charge in [0.15, 0.2) is 5.60 Å². The molecule has 0 atom stereocenters. The summed E-state index contributed by atoms with van der Waals surface area (Å²) < 4.78 is 24.0. The minimum absolute atomic E-state index is 0. The third-order valence-electron chi connectivity index (χ3n) is 1.29. The molecule has 0 aliphatic carbocycles. The van der Waals surface area contributed by atoms with Crippen LogP contribution >= 0.6 is 0 Å². The van der Waals surface area contributed by atoms with E-state index in [4.69, 9.17) is 33.7 Å². The van der Waals surface area contributed by atoms with Crippen LogP contribution in [0.1, 0.15) is 14.3 Å². The number of aliphatic carboxylic acids is 3. The molecule has 0 amide bonds. The van der Waals surface area contributed by atoms with Crippen LogP contribution in [0.25, 0.3) is 0 Å². The van der Waals surface area contributed by atoms with Gasteiger partial charge in [0.05, 0.1) is 12.8 Å². The minimum Gasteiger partial charge on any atom is -1.00 e. The van der Waals surface area contributed by atoms with Crippen molar-refractivity contribution in [3.63, 3.8) is 0 Å². The predicted molar refractivity (Wildman–Crippen MR) is 59.0 cm³/mol. The predicted octanol–water partition coefficient (Wildman–Crippen LogP) is -4.46. The van der Waals surface area contributed by atoms with Crippen molar-refractivity contribution in [3.05, 3.63) is 0 Å². The fourth-order valence-corrected chi connectivity index (χ4v) is 0.714. The Morgan fingerprint density at radius 3 is 1.35 bits per heavy atom. The monoisotopic (exact) mass is 386 g/mol. The third kappa shape index (κ3) is 20.5. The molecule has 0 radical (unpaired) electrons. The summed E-state index contributed by atoms with van der Waals surface area (Å²) in [4.78, 5) is 30.5. The number of carboxylic acid groups (broad SMARTS) is 3. The molecule has 0 aromatic rings. The van der Waals surface area contributed by atoms with Gasteiger partial charge in [-0.05, 0) is 0 Å². The molecule has 10 nitrogen and oxygen atoms in total. The molecular formula is C6H11FeNaO10S2. The topological polar surface area (TPSA) is 190 Å². The first-order valence-corrected chi connectivity index (χ1v) is 6.27. The van der Waals surface area contributed by atoms with Crippen molar-refractivity contribution in [2.45, 2.75) is 18.4 Å². The van der Waals surface area contributed by atoms with Gasteiger partial charge in [-0.1, -0.05) is 0 Å². The maximum atomic E-state index is 10.3. The number of hydrogen-bond acceptors (Lipinski definition) is 6. The first-order valence-electron chi connectivity index (χ1n) is 3.87. The zero-order valence-corrected chi connectivity index (χ0v) is 14.6. The Hall–Kier alpha value is 0.179. The van der Waals surface area contributed by atoms with Crippen molar-refractivity contribution in [3.8, 4) is 0 Å². The van der Waals surface area contributed by atoms with E-state index in [0.717, 1.165) is 0 Å². The number of carbonyl (C=O) groups is 3. The Morgan fingerprint density at radius 1 is 1.05 bits per heavy atom. The number of hydrogen-bond donors (Lipinski definition) is 6. The van der Waals surface area contributed by atoms with Crippen molar-refractivity contribution in [1.82, 2.24) is 0 Å². The van der Waals surface area contributed by atoms with Gasteiger partial charge in [-0.25, -0.2) is 4.79 Å². The van der Waals surface area contributed by atoms with E-state index in [-0.39, 0.29) is 48.1 Å². The van der Waals surface area contributed by atoms with E-state index in [1.54, 1.807) is 0 Å². The van der Waals surface area contributed by atoms with Gasteiger partial charge < -0.3 is 21.9 Å². The van der Waals surface area contributed by atoms with Gasteiger partial charge in [-0.15, -0.1) is 0 Å². The summed E-state index contributed by atoms with van der Waals surface area (Å²) in [5, 5.41) is 33.8. The van der Waals surface area contributed by atoms with Crippen molar-refractivity contribution in [1.29, 1.82) is 0 Å². The van der Waals surface area contributed by atoms with Gasteiger partial charge in [0, 0.05) is 28.3 Å². The van der Waals surface area contributed by atoms with Gasteiger partial charge in [-0.2, -0.15) is 4.21 Å². The van der Waals surface area contributed by atoms with E-state index in [1.165, 1.54) is 0 Å². The molecule has 0 bridgehead atoms. The molecule has 0 saturated heterocycles. The van der Waals surface area contributed by atoms with Crippen LogP contribution in [-0.2, 0) is 51.7 Å². The SMILES string of the molecule is O=C(O)CC(O)(CC(=O)O)C(=O)O.O=S(O)(O)=S.[Fe].[H-].[Na+]. The van der Waals surface area contributed by atoms with E-state index >= 15 is 0 Å².